The van der Waals surface area contributed by atoms with Gasteiger partial charge in [0.05, 0.1) is 23.9 Å². The minimum absolute atomic E-state index is 0.527. The van der Waals surface area contributed by atoms with E-state index in [1.54, 1.807) is 11.3 Å². The topological polar surface area (TPSA) is 34.1 Å². The molecule has 15 heavy (non-hydrogen) atoms. The lowest BCUT2D eigenvalue weighted by Crippen LogP contribution is -2.26. The first-order valence-corrected chi connectivity index (χ1v) is 6.34. The maximum Gasteiger partial charge on any atom is 0.0926 e. The molecule has 0 aliphatic heterocycles. The van der Waals surface area contributed by atoms with Gasteiger partial charge < -0.3 is 10.1 Å². The van der Waals surface area contributed by atoms with E-state index < -0.39 is 0 Å². The molecule has 0 aliphatic rings. The molecule has 1 rings (SSSR count). The molecule has 4 heteroatoms. The lowest BCUT2D eigenvalue weighted by molar-refractivity contribution is 0.119. The van der Waals surface area contributed by atoms with Crippen molar-refractivity contribution in [2.75, 3.05) is 13.2 Å². The third-order valence-corrected chi connectivity index (χ3v) is 2.99. The molecule has 0 fully saturated rings. The number of hydrogen-bond acceptors (Lipinski definition) is 4. The summed E-state index contributed by atoms with van der Waals surface area (Å²) in [6, 6.07) is 0.527. The van der Waals surface area contributed by atoms with Gasteiger partial charge in [0.2, 0.25) is 0 Å². The van der Waals surface area contributed by atoms with Crippen LogP contribution in [0.25, 0.3) is 0 Å². The largest absolute Gasteiger partial charge is 0.374 e. The van der Waals surface area contributed by atoms with Crippen LogP contribution in [-0.2, 0) is 17.8 Å². The summed E-state index contributed by atoms with van der Waals surface area (Å²) in [5.41, 5.74) is 1.06. The van der Waals surface area contributed by atoms with Gasteiger partial charge in [0.25, 0.3) is 0 Å². The summed E-state index contributed by atoms with van der Waals surface area (Å²) in [5.74, 6) is 0. The Labute approximate surface area is 95.9 Å². The minimum Gasteiger partial charge on any atom is -0.374 e. The molecule has 0 radical (unpaired) electrons. The van der Waals surface area contributed by atoms with Crippen LogP contribution >= 0.6 is 11.3 Å². The second-order valence-electron chi connectivity index (χ2n) is 3.75. The molecule has 1 heterocycles. The molecule has 0 aliphatic carbocycles. The molecule has 1 aromatic rings. The molecule has 0 aromatic carbocycles. The highest BCUT2D eigenvalue weighted by Crippen LogP contribution is 2.10. The van der Waals surface area contributed by atoms with Crippen molar-refractivity contribution in [1.29, 1.82) is 0 Å². The molecule has 0 spiro atoms. The van der Waals surface area contributed by atoms with Crippen molar-refractivity contribution in [2.45, 2.75) is 39.8 Å². The van der Waals surface area contributed by atoms with E-state index in [9.17, 15) is 0 Å². The smallest absolute Gasteiger partial charge is 0.0926 e. The van der Waals surface area contributed by atoms with E-state index >= 15 is 0 Å². The van der Waals surface area contributed by atoms with Crippen LogP contribution in [0.2, 0.25) is 0 Å². The first kappa shape index (κ1) is 12.6. The van der Waals surface area contributed by atoms with E-state index in [2.05, 4.69) is 36.5 Å². The number of thiazole rings is 1. The van der Waals surface area contributed by atoms with Crippen LogP contribution in [0.15, 0.2) is 5.38 Å². The maximum absolute atomic E-state index is 5.51. The Morgan fingerprint density at radius 1 is 1.53 bits per heavy atom. The average Bonchev–Trinajstić information content (AvgIpc) is 2.65. The van der Waals surface area contributed by atoms with E-state index in [-0.39, 0.29) is 0 Å². The van der Waals surface area contributed by atoms with Gasteiger partial charge in [-0.2, -0.15) is 0 Å². The molecule has 1 N–H and O–H groups in total. The molecule has 1 aromatic heterocycles. The zero-order chi connectivity index (χ0) is 11.1. The third kappa shape index (κ3) is 5.25. The Morgan fingerprint density at radius 3 is 2.93 bits per heavy atom. The van der Waals surface area contributed by atoms with Crippen molar-refractivity contribution in [3.05, 3.63) is 16.1 Å². The van der Waals surface area contributed by atoms with Crippen LogP contribution < -0.4 is 5.32 Å². The summed E-state index contributed by atoms with van der Waals surface area (Å²) in [4.78, 5) is 4.43. The van der Waals surface area contributed by atoms with Crippen LogP contribution in [0.4, 0.5) is 0 Å². The van der Waals surface area contributed by atoms with Crippen LogP contribution in [0.3, 0.4) is 0 Å². The minimum atomic E-state index is 0.527. The quantitative estimate of drug-likeness (QED) is 0.727. The summed E-state index contributed by atoms with van der Waals surface area (Å²) in [7, 11) is 0. The van der Waals surface area contributed by atoms with Gasteiger partial charge in [0, 0.05) is 18.0 Å². The molecule has 0 unspecified atom stereocenters. The number of aryl methyl sites for hydroxylation is 1. The average molecular weight is 228 g/mol. The molecule has 0 saturated heterocycles. The summed E-state index contributed by atoms with van der Waals surface area (Å²) >= 11 is 1.71. The molecular formula is C11H20N2OS. The van der Waals surface area contributed by atoms with Gasteiger partial charge in [0.1, 0.15) is 0 Å². The number of hydrogen-bond donors (Lipinski definition) is 1. The predicted octanol–water partition coefficient (Wildman–Crippen LogP) is 2.22. The van der Waals surface area contributed by atoms with Gasteiger partial charge in [-0.1, -0.05) is 20.8 Å². The molecule has 0 atom stereocenters. The summed E-state index contributed by atoms with van der Waals surface area (Å²) in [5, 5.41) is 6.57. The van der Waals surface area contributed by atoms with Crippen LogP contribution in [-0.4, -0.2) is 24.2 Å². The molecule has 0 bridgehead atoms. The number of nitrogens with zero attached hydrogens (tertiary/aromatic N) is 1. The number of rotatable bonds is 7. The Hall–Kier alpha value is -0.450. The molecule has 0 amide bonds. The van der Waals surface area contributed by atoms with Crippen LogP contribution in [0.5, 0.6) is 0 Å². The highest BCUT2D eigenvalue weighted by atomic mass is 32.1. The Bertz CT molecular complexity index is 273. The monoisotopic (exact) mass is 228 g/mol. The highest BCUT2D eigenvalue weighted by Gasteiger charge is 2.00. The number of aromatic nitrogens is 1. The van der Waals surface area contributed by atoms with Gasteiger partial charge in [-0.05, 0) is 6.42 Å². The fourth-order valence-corrected chi connectivity index (χ4v) is 1.90. The van der Waals surface area contributed by atoms with Gasteiger partial charge in [-0.3, -0.25) is 0 Å². The van der Waals surface area contributed by atoms with Gasteiger partial charge in [-0.15, -0.1) is 11.3 Å². The second kappa shape index (κ2) is 6.93. The first-order chi connectivity index (χ1) is 7.22. The van der Waals surface area contributed by atoms with E-state index in [0.29, 0.717) is 12.6 Å². The van der Waals surface area contributed by atoms with Crippen molar-refractivity contribution >= 4 is 11.3 Å². The van der Waals surface area contributed by atoms with E-state index in [0.717, 1.165) is 25.3 Å². The Kier molecular flexibility index (Phi) is 5.83. The van der Waals surface area contributed by atoms with E-state index in [4.69, 9.17) is 4.74 Å². The summed E-state index contributed by atoms with van der Waals surface area (Å²) < 4.78 is 5.51. The van der Waals surface area contributed by atoms with Crippen molar-refractivity contribution in [1.82, 2.24) is 10.3 Å². The van der Waals surface area contributed by atoms with Crippen molar-refractivity contribution in [3.63, 3.8) is 0 Å². The van der Waals surface area contributed by atoms with E-state index in [1.165, 1.54) is 5.01 Å². The van der Waals surface area contributed by atoms with Gasteiger partial charge in [-0.25, -0.2) is 4.98 Å². The first-order valence-electron chi connectivity index (χ1n) is 5.46. The number of ether oxygens (including phenoxy) is 1. The zero-order valence-electron chi connectivity index (χ0n) is 9.75. The highest BCUT2D eigenvalue weighted by molar-refractivity contribution is 7.09. The lowest BCUT2D eigenvalue weighted by atomic mass is 10.4. The van der Waals surface area contributed by atoms with Crippen molar-refractivity contribution in [2.24, 2.45) is 0 Å². The Balaban J connectivity index is 2.09. The summed E-state index contributed by atoms with van der Waals surface area (Å²) in [6.45, 7) is 8.67. The molecule has 3 nitrogen and oxygen atoms in total. The standard InChI is InChI=1S/C11H20N2OS/c1-4-11-13-10(8-15-11)7-14-6-5-12-9(2)3/h8-9,12H,4-7H2,1-3H3. The molecule has 86 valence electrons. The molecular weight excluding hydrogens is 208 g/mol. The lowest BCUT2D eigenvalue weighted by Gasteiger charge is -2.07. The Morgan fingerprint density at radius 2 is 2.33 bits per heavy atom. The van der Waals surface area contributed by atoms with Crippen LogP contribution in [0, 0.1) is 0 Å². The maximum atomic E-state index is 5.51. The summed E-state index contributed by atoms with van der Waals surface area (Å²) in [6.07, 6.45) is 1.01. The SMILES string of the molecule is CCc1nc(COCCNC(C)C)cs1. The van der Waals surface area contributed by atoms with Gasteiger partial charge in [0.15, 0.2) is 0 Å². The molecule has 0 saturated carbocycles. The third-order valence-electron chi connectivity index (χ3n) is 1.95. The van der Waals surface area contributed by atoms with E-state index in [1.807, 2.05) is 0 Å². The van der Waals surface area contributed by atoms with Gasteiger partial charge >= 0.3 is 0 Å². The fraction of sp³-hybridized carbons (Fsp3) is 0.727. The predicted molar refractivity (Wildman–Crippen MR) is 64.3 cm³/mol. The normalized spacial score (nSPS) is 11.2. The van der Waals surface area contributed by atoms with Crippen molar-refractivity contribution < 1.29 is 4.74 Å². The fourth-order valence-electron chi connectivity index (χ4n) is 1.17. The van der Waals surface area contributed by atoms with Crippen LogP contribution in [0.1, 0.15) is 31.5 Å². The zero-order valence-corrected chi connectivity index (χ0v) is 10.6. The second-order valence-corrected chi connectivity index (χ2v) is 4.69. The van der Waals surface area contributed by atoms with Crippen molar-refractivity contribution in [3.8, 4) is 0 Å². The number of nitrogens with one attached hydrogen (secondary N) is 1.